The van der Waals surface area contributed by atoms with Gasteiger partial charge in [-0.05, 0) is 50.9 Å². The van der Waals surface area contributed by atoms with Crippen LogP contribution in [0.2, 0.25) is 0 Å². The number of hydrogen-bond donors (Lipinski definition) is 1. The van der Waals surface area contributed by atoms with Crippen LogP contribution in [0.15, 0.2) is 30.5 Å². The van der Waals surface area contributed by atoms with Crippen molar-refractivity contribution < 1.29 is 4.79 Å². The number of carbonyl (C=O) groups excluding carboxylic acids is 1. The van der Waals surface area contributed by atoms with Crippen LogP contribution in [0.4, 0.5) is 5.82 Å². The molecule has 0 aromatic carbocycles. The number of nitrogens with one attached hydrogen (secondary N) is 1. The first-order valence-corrected chi connectivity index (χ1v) is 9.03. The number of nitrogens with zero attached hydrogens (tertiary/aromatic N) is 3. The van der Waals surface area contributed by atoms with Crippen molar-refractivity contribution in [2.75, 3.05) is 38.1 Å². The lowest BCUT2D eigenvalue weighted by atomic mass is 9.93. The van der Waals surface area contributed by atoms with Crippen LogP contribution in [0.25, 0.3) is 0 Å². The van der Waals surface area contributed by atoms with E-state index in [0.29, 0.717) is 6.54 Å². The first-order chi connectivity index (χ1) is 11.7. The molecular weight excluding hydrogens is 300 g/mol. The van der Waals surface area contributed by atoms with Crippen molar-refractivity contribution >= 4 is 11.7 Å². The van der Waals surface area contributed by atoms with E-state index in [0.717, 1.165) is 56.8 Å². The maximum atomic E-state index is 12.2. The van der Waals surface area contributed by atoms with E-state index < -0.39 is 0 Å². The maximum Gasteiger partial charge on any atom is 0.223 e. The highest BCUT2D eigenvalue weighted by Crippen LogP contribution is 2.18. The van der Waals surface area contributed by atoms with Gasteiger partial charge in [0.25, 0.3) is 0 Å². The van der Waals surface area contributed by atoms with E-state index >= 15 is 0 Å². The molecule has 2 aliphatic rings. The summed E-state index contributed by atoms with van der Waals surface area (Å²) in [5.41, 5.74) is 1.06. The molecule has 1 amide bonds. The van der Waals surface area contributed by atoms with Gasteiger partial charge in [-0.15, -0.1) is 0 Å². The minimum Gasteiger partial charge on any atom is -0.355 e. The number of likely N-dealkylation sites (N-methyl/N-ethyl adjacent to an activating group) is 1. The Hall–Kier alpha value is -1.88. The first kappa shape index (κ1) is 17.0. The summed E-state index contributed by atoms with van der Waals surface area (Å²) >= 11 is 0. The lowest BCUT2D eigenvalue weighted by molar-refractivity contribution is -0.125. The van der Waals surface area contributed by atoms with Gasteiger partial charge in [0, 0.05) is 38.3 Å². The number of aromatic nitrogens is 1. The van der Waals surface area contributed by atoms with Gasteiger partial charge in [-0.3, -0.25) is 4.79 Å². The van der Waals surface area contributed by atoms with Gasteiger partial charge in [-0.25, -0.2) is 4.98 Å². The normalized spacial score (nSPS) is 22.2. The lowest BCUT2D eigenvalue weighted by Crippen LogP contribution is -2.31. The SMILES string of the molecule is CN1CCCN(c2ccc(CNC(=O)[C@H]3CC=CCC3)cn2)CC1. The average Bonchev–Trinajstić information content (AvgIpc) is 2.85. The molecule has 1 atom stereocenters. The van der Waals surface area contributed by atoms with Crippen molar-refractivity contribution in [1.29, 1.82) is 0 Å². The van der Waals surface area contributed by atoms with Crippen LogP contribution in [0.3, 0.4) is 0 Å². The fraction of sp³-hybridized carbons (Fsp3) is 0.579. The summed E-state index contributed by atoms with van der Waals surface area (Å²) in [6, 6.07) is 4.16. The number of rotatable bonds is 4. The number of allylic oxidation sites excluding steroid dienone is 2. The van der Waals surface area contributed by atoms with Crippen molar-refractivity contribution in [1.82, 2.24) is 15.2 Å². The van der Waals surface area contributed by atoms with Crippen LogP contribution in [-0.4, -0.2) is 49.0 Å². The van der Waals surface area contributed by atoms with Crippen molar-refractivity contribution in [2.45, 2.75) is 32.2 Å². The van der Waals surface area contributed by atoms with Crippen LogP contribution >= 0.6 is 0 Å². The van der Waals surface area contributed by atoms with E-state index in [2.05, 4.69) is 51.4 Å². The van der Waals surface area contributed by atoms with Crippen LogP contribution in [0, 0.1) is 5.92 Å². The molecule has 0 bridgehead atoms. The Balaban J connectivity index is 1.51. The van der Waals surface area contributed by atoms with Gasteiger partial charge in [0.15, 0.2) is 0 Å². The van der Waals surface area contributed by atoms with Gasteiger partial charge < -0.3 is 15.1 Å². The molecule has 5 nitrogen and oxygen atoms in total. The fourth-order valence-corrected chi connectivity index (χ4v) is 3.35. The Morgan fingerprint density at radius 3 is 2.92 bits per heavy atom. The second kappa shape index (κ2) is 8.29. The zero-order valence-corrected chi connectivity index (χ0v) is 14.6. The molecule has 0 unspecified atom stereocenters. The Labute approximate surface area is 144 Å². The van der Waals surface area contributed by atoms with E-state index in [1.165, 1.54) is 6.42 Å². The lowest BCUT2D eigenvalue weighted by Gasteiger charge is -2.22. The smallest absolute Gasteiger partial charge is 0.223 e. The third-order valence-corrected chi connectivity index (χ3v) is 4.96. The number of anilines is 1. The molecule has 0 saturated carbocycles. The molecule has 1 saturated heterocycles. The van der Waals surface area contributed by atoms with Crippen molar-refractivity contribution in [3.8, 4) is 0 Å². The van der Waals surface area contributed by atoms with Gasteiger partial charge in [-0.2, -0.15) is 0 Å². The fourth-order valence-electron chi connectivity index (χ4n) is 3.35. The van der Waals surface area contributed by atoms with Crippen molar-refractivity contribution in [3.05, 3.63) is 36.0 Å². The highest BCUT2D eigenvalue weighted by atomic mass is 16.1. The standard InChI is InChI=1S/C19H28N4O/c1-22-10-5-11-23(13-12-22)18-9-8-16(14-20-18)15-21-19(24)17-6-3-2-4-7-17/h2-3,8-9,14,17H,4-7,10-13,15H2,1H3,(H,21,24)/t17-/m0/s1. The van der Waals surface area contributed by atoms with Crippen LogP contribution in [0.1, 0.15) is 31.2 Å². The Morgan fingerprint density at radius 2 is 2.17 bits per heavy atom. The van der Waals surface area contributed by atoms with Gasteiger partial charge in [0.05, 0.1) is 0 Å². The highest BCUT2D eigenvalue weighted by Gasteiger charge is 2.18. The molecule has 0 spiro atoms. The number of hydrogen-bond acceptors (Lipinski definition) is 4. The Kier molecular flexibility index (Phi) is 5.86. The zero-order valence-electron chi connectivity index (χ0n) is 14.6. The Bertz CT molecular complexity index is 569. The van der Waals surface area contributed by atoms with Gasteiger partial charge >= 0.3 is 0 Å². The molecular formula is C19H28N4O. The van der Waals surface area contributed by atoms with E-state index in [9.17, 15) is 4.79 Å². The molecule has 2 heterocycles. The van der Waals surface area contributed by atoms with E-state index in [1.807, 2.05) is 6.20 Å². The molecule has 0 radical (unpaired) electrons. The molecule has 5 heteroatoms. The molecule has 1 fully saturated rings. The van der Waals surface area contributed by atoms with Crippen LogP contribution < -0.4 is 10.2 Å². The first-order valence-electron chi connectivity index (χ1n) is 9.03. The molecule has 1 aromatic rings. The maximum absolute atomic E-state index is 12.2. The molecule has 1 aliphatic carbocycles. The summed E-state index contributed by atoms with van der Waals surface area (Å²) in [4.78, 5) is 21.5. The summed E-state index contributed by atoms with van der Waals surface area (Å²) in [6.45, 7) is 4.87. The second-order valence-electron chi connectivity index (χ2n) is 6.87. The van der Waals surface area contributed by atoms with Crippen molar-refractivity contribution in [2.24, 2.45) is 5.92 Å². The zero-order chi connectivity index (χ0) is 16.8. The monoisotopic (exact) mass is 328 g/mol. The minimum atomic E-state index is 0.135. The summed E-state index contributed by atoms with van der Waals surface area (Å²) in [6.07, 6.45) is 10.2. The predicted octanol–water partition coefficient (Wildman–Crippen LogP) is 2.20. The molecule has 1 aromatic heterocycles. The summed E-state index contributed by atoms with van der Waals surface area (Å²) in [7, 11) is 2.17. The molecule has 130 valence electrons. The summed E-state index contributed by atoms with van der Waals surface area (Å²) in [5.74, 6) is 1.34. The quantitative estimate of drug-likeness (QED) is 0.861. The van der Waals surface area contributed by atoms with E-state index in [-0.39, 0.29) is 11.8 Å². The summed E-state index contributed by atoms with van der Waals surface area (Å²) in [5, 5.41) is 3.05. The van der Waals surface area contributed by atoms with Crippen LogP contribution in [-0.2, 0) is 11.3 Å². The van der Waals surface area contributed by atoms with Crippen LogP contribution in [0.5, 0.6) is 0 Å². The third kappa shape index (κ3) is 4.57. The third-order valence-electron chi connectivity index (χ3n) is 4.96. The second-order valence-corrected chi connectivity index (χ2v) is 6.87. The molecule has 1 N–H and O–H groups in total. The number of amides is 1. The largest absolute Gasteiger partial charge is 0.355 e. The topological polar surface area (TPSA) is 48.5 Å². The Morgan fingerprint density at radius 1 is 1.25 bits per heavy atom. The van der Waals surface area contributed by atoms with E-state index in [1.54, 1.807) is 0 Å². The van der Waals surface area contributed by atoms with Gasteiger partial charge in [-0.1, -0.05) is 18.2 Å². The minimum absolute atomic E-state index is 0.135. The van der Waals surface area contributed by atoms with Crippen molar-refractivity contribution in [3.63, 3.8) is 0 Å². The number of pyridine rings is 1. The highest BCUT2D eigenvalue weighted by molar-refractivity contribution is 5.78. The molecule has 3 rings (SSSR count). The average molecular weight is 328 g/mol. The number of carbonyl (C=O) groups is 1. The molecule has 1 aliphatic heterocycles. The predicted molar refractivity (Wildman–Crippen MR) is 96.9 cm³/mol. The van der Waals surface area contributed by atoms with Gasteiger partial charge in [0.2, 0.25) is 5.91 Å². The molecule has 24 heavy (non-hydrogen) atoms. The van der Waals surface area contributed by atoms with E-state index in [4.69, 9.17) is 0 Å². The summed E-state index contributed by atoms with van der Waals surface area (Å²) < 4.78 is 0. The van der Waals surface area contributed by atoms with Gasteiger partial charge in [0.1, 0.15) is 5.82 Å².